The van der Waals surface area contributed by atoms with Crippen LogP contribution in [0.5, 0.6) is 0 Å². The molecular formula is C54H74N8O4. The average molecular weight is 899 g/mol. The van der Waals surface area contributed by atoms with Crippen molar-refractivity contribution in [3.8, 4) is 0 Å². The van der Waals surface area contributed by atoms with Crippen LogP contribution in [0.3, 0.4) is 0 Å². The smallest absolute Gasteiger partial charge is 0.227 e. The summed E-state index contributed by atoms with van der Waals surface area (Å²) in [6.07, 6.45) is 2.38. The van der Waals surface area contributed by atoms with Crippen LogP contribution in [-0.2, 0) is 22.4 Å². The molecule has 12 heteroatoms. The Morgan fingerprint density at radius 3 is 1.14 bits per heavy atom. The number of hydrogen-bond acceptors (Lipinski definition) is 10. The van der Waals surface area contributed by atoms with Gasteiger partial charge in [0.05, 0.1) is 22.9 Å². The zero-order valence-electron chi connectivity index (χ0n) is 40.7. The molecule has 2 heterocycles. The van der Waals surface area contributed by atoms with Gasteiger partial charge >= 0.3 is 0 Å². The van der Waals surface area contributed by atoms with E-state index in [2.05, 4.69) is 69.2 Å². The maximum absolute atomic E-state index is 14.2. The largest absolute Gasteiger partial charge is 0.369 e. The van der Waals surface area contributed by atoms with Crippen molar-refractivity contribution in [2.75, 3.05) is 103 Å². The Morgan fingerprint density at radius 1 is 0.530 bits per heavy atom. The fourth-order valence-corrected chi connectivity index (χ4v) is 9.62. The molecule has 354 valence electrons. The van der Waals surface area contributed by atoms with Crippen LogP contribution in [0, 0.1) is 0 Å². The second-order valence-corrected chi connectivity index (χ2v) is 18.6. The number of rotatable bonds is 21. The topological polar surface area (TPSA) is 129 Å². The molecule has 4 N–H and O–H groups in total. The highest BCUT2D eigenvalue weighted by Gasteiger charge is 2.41. The van der Waals surface area contributed by atoms with Crippen molar-refractivity contribution in [1.29, 1.82) is 0 Å². The molecule has 6 rings (SSSR count). The van der Waals surface area contributed by atoms with E-state index in [1.165, 1.54) is 0 Å². The fourth-order valence-electron chi connectivity index (χ4n) is 9.62. The number of Topliss-reactive ketones (excluding diaryl/α,β-unsaturated/α-hetero) is 2. The predicted octanol–water partition coefficient (Wildman–Crippen LogP) is 5.92. The van der Waals surface area contributed by atoms with E-state index in [-0.39, 0.29) is 23.4 Å². The van der Waals surface area contributed by atoms with Crippen molar-refractivity contribution in [2.45, 2.75) is 76.3 Å². The zero-order chi connectivity index (χ0) is 47.4. The molecule has 12 nitrogen and oxygen atoms in total. The zero-order valence-corrected chi connectivity index (χ0v) is 40.7. The molecule has 4 atom stereocenters. The van der Waals surface area contributed by atoms with Crippen molar-refractivity contribution in [2.24, 2.45) is 0 Å². The number of anilines is 2. The van der Waals surface area contributed by atoms with Gasteiger partial charge < -0.3 is 31.1 Å². The third kappa shape index (κ3) is 11.6. The SMILES string of the molecule is CCC(Cc1ccc(C(C)C(=O)NCCNC(=O)C(C)c2ccc(CC(CC)(C(=O)c3ccc(N4CCNCC4)cc3)N(C)C)cc2)cc1)(C(=O)c1ccc(N2CCNCC2)cc1)N(C)C. The van der Waals surface area contributed by atoms with E-state index in [0.717, 1.165) is 86.0 Å². The Kier molecular flexibility index (Phi) is 17.3. The van der Waals surface area contributed by atoms with Gasteiger partial charge in [-0.3, -0.25) is 29.0 Å². The standard InChI is InChI=1S/C54H74N8O4/c1-9-53(59(5)6,49(63)45-19-23-47(24-20-45)61-33-29-55-30-34-61)37-41-11-15-43(16-12-41)39(3)51(65)57-27-28-58-52(66)40(4)44-17-13-42(14-18-44)38-54(10-2,60(7)8)50(64)46-21-25-48(26-22-46)62-35-31-56-32-36-62/h11-26,39-40,55-56H,9-10,27-38H2,1-8H3,(H,57,65)(H,58,66). The van der Waals surface area contributed by atoms with Crippen molar-refractivity contribution < 1.29 is 19.2 Å². The number of nitrogens with one attached hydrogen (secondary N) is 4. The first-order chi connectivity index (χ1) is 31.7. The second-order valence-electron chi connectivity index (χ2n) is 18.6. The monoisotopic (exact) mass is 899 g/mol. The van der Waals surface area contributed by atoms with Crippen LogP contribution in [0.4, 0.5) is 11.4 Å². The number of benzene rings is 4. The van der Waals surface area contributed by atoms with Crippen molar-refractivity contribution in [3.05, 3.63) is 130 Å². The quantitative estimate of drug-likeness (QED) is 0.0592. The average Bonchev–Trinajstić information content (AvgIpc) is 3.36. The van der Waals surface area contributed by atoms with Crippen molar-refractivity contribution in [1.82, 2.24) is 31.1 Å². The third-order valence-corrected chi connectivity index (χ3v) is 14.4. The molecule has 0 aliphatic carbocycles. The Hall–Kier alpha value is -5.40. The molecule has 2 fully saturated rings. The number of ketones is 2. The van der Waals surface area contributed by atoms with E-state index in [1.807, 2.05) is 125 Å². The number of piperazine rings is 2. The lowest BCUT2D eigenvalue weighted by atomic mass is 9.80. The maximum atomic E-state index is 14.2. The first-order valence-corrected chi connectivity index (χ1v) is 24.0. The lowest BCUT2D eigenvalue weighted by Crippen LogP contribution is -2.52. The molecule has 0 saturated carbocycles. The van der Waals surface area contributed by atoms with Gasteiger partial charge in [0.15, 0.2) is 11.6 Å². The van der Waals surface area contributed by atoms with E-state index < -0.39 is 22.9 Å². The first kappa shape index (κ1) is 50.0. The summed E-state index contributed by atoms with van der Waals surface area (Å²) in [7, 11) is 7.89. The summed E-state index contributed by atoms with van der Waals surface area (Å²) in [5.41, 5.74) is 6.07. The Morgan fingerprint density at radius 2 is 0.848 bits per heavy atom. The summed E-state index contributed by atoms with van der Waals surface area (Å²) in [4.78, 5) is 63.7. The van der Waals surface area contributed by atoms with Crippen LogP contribution in [-0.4, -0.2) is 138 Å². The number of nitrogens with zero attached hydrogens (tertiary/aromatic N) is 4. The molecule has 0 spiro atoms. The lowest BCUT2D eigenvalue weighted by Gasteiger charge is -2.38. The van der Waals surface area contributed by atoms with Crippen LogP contribution in [0.1, 0.15) is 95.3 Å². The molecular weight excluding hydrogens is 825 g/mol. The minimum Gasteiger partial charge on any atom is -0.369 e. The molecule has 0 aromatic heterocycles. The van der Waals surface area contributed by atoms with Crippen molar-refractivity contribution >= 4 is 34.8 Å². The Bertz CT molecular complexity index is 2060. The van der Waals surface area contributed by atoms with Gasteiger partial charge in [-0.1, -0.05) is 62.4 Å². The first-order valence-electron chi connectivity index (χ1n) is 24.0. The highest BCUT2D eigenvalue weighted by molar-refractivity contribution is 6.04. The lowest BCUT2D eigenvalue weighted by molar-refractivity contribution is -0.124. The second kappa shape index (κ2) is 22.9. The van der Waals surface area contributed by atoms with Gasteiger partial charge in [-0.15, -0.1) is 0 Å². The number of likely N-dealkylation sites (N-methyl/N-ethyl adjacent to an activating group) is 2. The number of carbonyl (C=O) groups excluding carboxylic acids is 4. The summed E-state index contributed by atoms with van der Waals surface area (Å²) in [6.45, 7) is 16.1. The third-order valence-electron chi connectivity index (χ3n) is 14.4. The van der Waals surface area contributed by atoms with E-state index in [1.54, 1.807) is 0 Å². The van der Waals surface area contributed by atoms with Gasteiger partial charge in [0, 0.05) is 87.9 Å². The molecule has 4 aromatic rings. The molecule has 2 aliphatic heterocycles. The number of amides is 2. The van der Waals surface area contributed by atoms with E-state index in [0.29, 0.717) is 49.9 Å². The maximum Gasteiger partial charge on any atom is 0.227 e. The minimum absolute atomic E-state index is 0.102. The van der Waals surface area contributed by atoms with Gasteiger partial charge in [-0.05, 0) is 139 Å². The van der Waals surface area contributed by atoms with Gasteiger partial charge in [-0.25, -0.2) is 0 Å². The fraction of sp³-hybridized carbons (Fsp3) is 0.481. The number of hydrogen-bond donors (Lipinski definition) is 4. The highest BCUT2D eigenvalue weighted by Crippen LogP contribution is 2.32. The van der Waals surface area contributed by atoms with Crippen molar-refractivity contribution in [3.63, 3.8) is 0 Å². The molecule has 2 amide bonds. The molecule has 0 radical (unpaired) electrons. The van der Waals surface area contributed by atoms with E-state index >= 15 is 0 Å². The van der Waals surface area contributed by atoms with Crippen LogP contribution in [0.25, 0.3) is 0 Å². The van der Waals surface area contributed by atoms with Crippen LogP contribution >= 0.6 is 0 Å². The molecule has 4 aromatic carbocycles. The van der Waals surface area contributed by atoms with Gasteiger partial charge in [0.2, 0.25) is 11.8 Å². The van der Waals surface area contributed by atoms with Gasteiger partial charge in [-0.2, -0.15) is 0 Å². The summed E-state index contributed by atoms with van der Waals surface area (Å²) >= 11 is 0. The van der Waals surface area contributed by atoms with Crippen LogP contribution < -0.4 is 31.1 Å². The molecule has 2 aliphatic rings. The Balaban J connectivity index is 0.976. The molecule has 66 heavy (non-hydrogen) atoms. The van der Waals surface area contributed by atoms with Crippen LogP contribution in [0.15, 0.2) is 97.1 Å². The van der Waals surface area contributed by atoms with Crippen LogP contribution in [0.2, 0.25) is 0 Å². The summed E-state index contributed by atoms with van der Waals surface area (Å²) in [5.74, 6) is -0.837. The van der Waals surface area contributed by atoms with Gasteiger partial charge in [0.1, 0.15) is 0 Å². The summed E-state index contributed by atoms with van der Waals surface area (Å²) in [6, 6.07) is 32.1. The molecule has 2 saturated heterocycles. The predicted molar refractivity (Wildman–Crippen MR) is 268 cm³/mol. The van der Waals surface area contributed by atoms with Gasteiger partial charge in [0.25, 0.3) is 0 Å². The normalized spacial score (nSPS) is 17.1. The summed E-state index contributed by atoms with van der Waals surface area (Å²) < 4.78 is 0. The number of carbonyl (C=O) groups is 4. The molecule has 4 unspecified atom stereocenters. The molecule has 0 bridgehead atoms. The Labute approximate surface area is 393 Å². The van der Waals surface area contributed by atoms with E-state index in [4.69, 9.17) is 0 Å². The van der Waals surface area contributed by atoms with E-state index in [9.17, 15) is 19.2 Å². The minimum atomic E-state index is -0.721. The highest BCUT2D eigenvalue weighted by atomic mass is 16.2. The summed E-state index contributed by atoms with van der Waals surface area (Å²) in [5, 5.41) is 12.7.